The van der Waals surface area contributed by atoms with Crippen molar-refractivity contribution in [2.75, 3.05) is 26.7 Å². The van der Waals surface area contributed by atoms with Crippen LogP contribution in [0.1, 0.15) is 47.0 Å². The first-order valence-electron chi connectivity index (χ1n) is 5.78. The molecule has 2 nitrogen and oxygen atoms in total. The third-order valence-corrected chi connectivity index (χ3v) is 2.26. The van der Waals surface area contributed by atoms with Gasteiger partial charge in [0, 0.05) is 6.61 Å². The van der Waals surface area contributed by atoms with E-state index in [1.54, 1.807) is 0 Å². The normalized spacial score (nSPS) is 12.4. The Labute approximate surface area is 89.6 Å². The molecule has 0 heterocycles. The van der Waals surface area contributed by atoms with E-state index >= 15 is 0 Å². The first kappa shape index (κ1) is 13.9. The Morgan fingerprint density at radius 3 is 2.21 bits per heavy atom. The second-order valence-corrected chi connectivity index (χ2v) is 4.92. The maximum absolute atomic E-state index is 5.65. The first-order chi connectivity index (χ1) is 6.45. The van der Waals surface area contributed by atoms with Gasteiger partial charge in [0.15, 0.2) is 0 Å². The smallest absolute Gasteiger partial charge is 0.0598 e. The van der Waals surface area contributed by atoms with Crippen LogP contribution in [0.4, 0.5) is 0 Å². The maximum Gasteiger partial charge on any atom is 0.0598 e. The lowest BCUT2D eigenvalue weighted by atomic mass is 10.2. The van der Waals surface area contributed by atoms with Gasteiger partial charge in [0.1, 0.15) is 0 Å². The number of ether oxygens (including phenoxy) is 1. The summed E-state index contributed by atoms with van der Waals surface area (Å²) in [6, 6.07) is 0. The van der Waals surface area contributed by atoms with Crippen molar-refractivity contribution in [2.24, 2.45) is 0 Å². The van der Waals surface area contributed by atoms with E-state index in [-0.39, 0.29) is 5.60 Å². The zero-order chi connectivity index (χ0) is 11.0. The molecule has 0 aromatic heterocycles. The fraction of sp³-hybridized carbons (Fsp3) is 1.00. The fourth-order valence-corrected chi connectivity index (χ4v) is 1.20. The molecule has 0 rings (SSSR count). The number of rotatable bonds is 7. The predicted molar refractivity (Wildman–Crippen MR) is 62.7 cm³/mol. The Morgan fingerprint density at radius 1 is 1.07 bits per heavy atom. The Kier molecular flexibility index (Phi) is 7.20. The van der Waals surface area contributed by atoms with E-state index in [1.807, 2.05) is 0 Å². The summed E-state index contributed by atoms with van der Waals surface area (Å²) in [5.41, 5.74) is 0.0280. The Bertz CT molecular complexity index is 129. The molecule has 0 N–H and O–H groups in total. The van der Waals surface area contributed by atoms with Crippen molar-refractivity contribution >= 4 is 0 Å². The van der Waals surface area contributed by atoms with E-state index in [9.17, 15) is 0 Å². The summed E-state index contributed by atoms with van der Waals surface area (Å²) >= 11 is 0. The van der Waals surface area contributed by atoms with Crippen LogP contribution in [0.3, 0.4) is 0 Å². The van der Waals surface area contributed by atoms with Gasteiger partial charge in [0.2, 0.25) is 0 Å². The van der Waals surface area contributed by atoms with Crippen molar-refractivity contribution in [3.8, 4) is 0 Å². The maximum atomic E-state index is 5.65. The van der Waals surface area contributed by atoms with Crippen LogP contribution in [-0.4, -0.2) is 37.2 Å². The molecule has 0 atom stereocenters. The molecule has 0 radical (unpaired) electrons. The Morgan fingerprint density at radius 2 is 1.71 bits per heavy atom. The molecule has 0 unspecified atom stereocenters. The standard InChI is InChI=1S/C12H27NO/c1-6-13(5)10-8-7-9-11-14-12(2,3)4/h6-11H2,1-5H3. The molecule has 0 fully saturated rings. The lowest BCUT2D eigenvalue weighted by Gasteiger charge is -2.19. The van der Waals surface area contributed by atoms with Gasteiger partial charge in [-0.15, -0.1) is 0 Å². The van der Waals surface area contributed by atoms with Crippen LogP contribution in [0.2, 0.25) is 0 Å². The third kappa shape index (κ3) is 10.0. The zero-order valence-corrected chi connectivity index (χ0v) is 10.6. The van der Waals surface area contributed by atoms with E-state index in [4.69, 9.17) is 4.74 Å². The van der Waals surface area contributed by atoms with E-state index in [0.717, 1.165) is 13.2 Å². The van der Waals surface area contributed by atoms with Crippen molar-refractivity contribution in [3.63, 3.8) is 0 Å². The van der Waals surface area contributed by atoms with Crippen LogP contribution in [0.15, 0.2) is 0 Å². The molecule has 2 heteroatoms. The fourth-order valence-electron chi connectivity index (χ4n) is 1.20. The van der Waals surface area contributed by atoms with Gasteiger partial charge in [-0.05, 0) is 60.2 Å². The minimum Gasteiger partial charge on any atom is -0.376 e. The van der Waals surface area contributed by atoms with Crippen LogP contribution in [0.5, 0.6) is 0 Å². The van der Waals surface area contributed by atoms with Crippen molar-refractivity contribution in [1.82, 2.24) is 4.90 Å². The SMILES string of the molecule is CCN(C)CCCCCOC(C)(C)C. The molecule has 0 spiro atoms. The lowest BCUT2D eigenvalue weighted by molar-refractivity contribution is -0.00483. The Hall–Kier alpha value is -0.0800. The quantitative estimate of drug-likeness (QED) is 0.587. The largest absolute Gasteiger partial charge is 0.376 e. The summed E-state index contributed by atoms with van der Waals surface area (Å²) in [5.74, 6) is 0. The average molecular weight is 201 g/mol. The Balaban J connectivity index is 3.14. The van der Waals surface area contributed by atoms with E-state index in [1.165, 1.54) is 25.8 Å². The highest BCUT2D eigenvalue weighted by Crippen LogP contribution is 2.08. The molecule has 0 saturated carbocycles. The molecule has 0 aliphatic rings. The second-order valence-electron chi connectivity index (χ2n) is 4.92. The molecule has 0 amide bonds. The van der Waals surface area contributed by atoms with Crippen molar-refractivity contribution in [1.29, 1.82) is 0 Å². The van der Waals surface area contributed by atoms with Crippen molar-refractivity contribution < 1.29 is 4.74 Å². The van der Waals surface area contributed by atoms with Gasteiger partial charge in [0.25, 0.3) is 0 Å². The average Bonchev–Trinajstić information content (AvgIpc) is 2.08. The van der Waals surface area contributed by atoms with Gasteiger partial charge in [-0.3, -0.25) is 0 Å². The number of hydrogen-bond donors (Lipinski definition) is 0. The zero-order valence-electron chi connectivity index (χ0n) is 10.6. The third-order valence-electron chi connectivity index (χ3n) is 2.26. The molecule has 0 aliphatic carbocycles. The van der Waals surface area contributed by atoms with Crippen molar-refractivity contribution in [2.45, 2.75) is 52.6 Å². The second kappa shape index (κ2) is 7.24. The van der Waals surface area contributed by atoms with Gasteiger partial charge in [-0.1, -0.05) is 6.92 Å². The van der Waals surface area contributed by atoms with Crippen molar-refractivity contribution in [3.05, 3.63) is 0 Å². The highest BCUT2D eigenvalue weighted by Gasteiger charge is 2.08. The van der Waals surface area contributed by atoms with Gasteiger partial charge in [-0.2, -0.15) is 0 Å². The molecular weight excluding hydrogens is 174 g/mol. The molecular formula is C12H27NO. The van der Waals surface area contributed by atoms with Crippen LogP contribution >= 0.6 is 0 Å². The summed E-state index contributed by atoms with van der Waals surface area (Å²) in [6.07, 6.45) is 3.76. The van der Waals surface area contributed by atoms with Crippen LogP contribution < -0.4 is 0 Å². The van der Waals surface area contributed by atoms with Crippen LogP contribution in [0.25, 0.3) is 0 Å². The summed E-state index contributed by atoms with van der Waals surface area (Å²) in [6.45, 7) is 11.8. The van der Waals surface area contributed by atoms with Gasteiger partial charge in [0.05, 0.1) is 5.60 Å². The monoisotopic (exact) mass is 201 g/mol. The number of nitrogens with zero attached hydrogens (tertiary/aromatic N) is 1. The molecule has 0 aromatic carbocycles. The summed E-state index contributed by atoms with van der Waals surface area (Å²) in [4.78, 5) is 2.35. The van der Waals surface area contributed by atoms with Gasteiger partial charge < -0.3 is 9.64 Å². The van der Waals surface area contributed by atoms with E-state index in [0.29, 0.717) is 0 Å². The topological polar surface area (TPSA) is 12.5 Å². The highest BCUT2D eigenvalue weighted by molar-refractivity contribution is 4.58. The molecule has 0 aromatic rings. The molecule has 0 saturated heterocycles. The number of hydrogen-bond acceptors (Lipinski definition) is 2. The van der Waals surface area contributed by atoms with Crippen LogP contribution in [0, 0.1) is 0 Å². The van der Waals surface area contributed by atoms with Gasteiger partial charge in [-0.25, -0.2) is 0 Å². The van der Waals surface area contributed by atoms with E-state index in [2.05, 4.69) is 39.6 Å². The summed E-state index contributed by atoms with van der Waals surface area (Å²) in [7, 11) is 2.17. The van der Waals surface area contributed by atoms with Gasteiger partial charge >= 0.3 is 0 Å². The minimum atomic E-state index is 0.0280. The minimum absolute atomic E-state index is 0.0280. The predicted octanol–water partition coefficient (Wildman–Crippen LogP) is 2.92. The number of unbranched alkanes of at least 4 members (excludes halogenated alkanes) is 2. The first-order valence-corrected chi connectivity index (χ1v) is 5.78. The lowest BCUT2D eigenvalue weighted by Crippen LogP contribution is -2.20. The molecule has 14 heavy (non-hydrogen) atoms. The van der Waals surface area contributed by atoms with Crippen LogP contribution in [-0.2, 0) is 4.74 Å². The summed E-state index contributed by atoms with van der Waals surface area (Å²) < 4.78 is 5.65. The molecule has 0 bridgehead atoms. The highest BCUT2D eigenvalue weighted by atomic mass is 16.5. The molecule has 0 aliphatic heterocycles. The molecule has 86 valence electrons. The van der Waals surface area contributed by atoms with E-state index < -0.39 is 0 Å². The summed E-state index contributed by atoms with van der Waals surface area (Å²) in [5, 5.41) is 0.